The van der Waals surface area contributed by atoms with E-state index in [0.717, 1.165) is 41.3 Å². The summed E-state index contributed by atoms with van der Waals surface area (Å²) in [6.45, 7) is 4.82. The highest BCUT2D eigenvalue weighted by molar-refractivity contribution is 6.33. The van der Waals surface area contributed by atoms with E-state index in [1.54, 1.807) is 0 Å². The third kappa shape index (κ3) is 3.85. The molecule has 0 unspecified atom stereocenters. The molecule has 1 amide bonds. The van der Waals surface area contributed by atoms with Crippen molar-refractivity contribution in [1.29, 1.82) is 0 Å². The topological polar surface area (TPSA) is 49.3 Å². The number of aromatic nitrogens is 2. The molecule has 28 heavy (non-hydrogen) atoms. The molecular weight excluding hydrogens is 372 g/mol. The highest BCUT2D eigenvalue weighted by Gasteiger charge is 2.23. The molecule has 2 aromatic carbocycles. The molecule has 4 rings (SSSR count). The van der Waals surface area contributed by atoms with Gasteiger partial charge in [0.05, 0.1) is 10.7 Å². The molecule has 0 aliphatic carbocycles. The molecule has 0 spiro atoms. The number of aryl methyl sites for hydroxylation is 1. The number of piperazine rings is 1. The third-order valence-electron chi connectivity index (χ3n) is 4.99. The SMILES string of the molecule is Cc1ccc(C(=O)N2CCN(c3ccc(-c4ccccc4Cl)nn3)CC2)cc1. The second-order valence-electron chi connectivity index (χ2n) is 6.90. The number of anilines is 1. The van der Waals surface area contributed by atoms with Crippen LogP contribution in [-0.2, 0) is 0 Å². The lowest BCUT2D eigenvalue weighted by atomic mass is 10.1. The summed E-state index contributed by atoms with van der Waals surface area (Å²) in [5.41, 5.74) is 3.52. The van der Waals surface area contributed by atoms with Crippen molar-refractivity contribution < 1.29 is 4.79 Å². The van der Waals surface area contributed by atoms with Gasteiger partial charge in [-0.2, -0.15) is 0 Å². The van der Waals surface area contributed by atoms with Crippen LogP contribution in [-0.4, -0.2) is 47.2 Å². The van der Waals surface area contributed by atoms with E-state index in [1.165, 1.54) is 0 Å². The van der Waals surface area contributed by atoms with Gasteiger partial charge in [-0.25, -0.2) is 0 Å². The first-order valence-electron chi connectivity index (χ1n) is 9.31. The van der Waals surface area contributed by atoms with Gasteiger partial charge in [0.25, 0.3) is 5.91 Å². The first-order chi connectivity index (χ1) is 13.6. The van der Waals surface area contributed by atoms with Crippen molar-refractivity contribution in [3.63, 3.8) is 0 Å². The second kappa shape index (κ2) is 7.98. The minimum Gasteiger partial charge on any atom is -0.352 e. The van der Waals surface area contributed by atoms with E-state index in [2.05, 4.69) is 15.1 Å². The minimum atomic E-state index is 0.0831. The van der Waals surface area contributed by atoms with Crippen LogP contribution >= 0.6 is 11.6 Å². The van der Waals surface area contributed by atoms with Crippen LogP contribution < -0.4 is 4.90 Å². The van der Waals surface area contributed by atoms with Crippen LogP contribution in [0.1, 0.15) is 15.9 Å². The average Bonchev–Trinajstić information content (AvgIpc) is 2.74. The van der Waals surface area contributed by atoms with Gasteiger partial charge in [-0.05, 0) is 37.3 Å². The van der Waals surface area contributed by atoms with Crippen LogP contribution in [0, 0.1) is 6.92 Å². The molecule has 1 aliphatic heterocycles. The summed E-state index contributed by atoms with van der Waals surface area (Å²) in [6.07, 6.45) is 0. The molecule has 3 aromatic rings. The van der Waals surface area contributed by atoms with Crippen LogP contribution in [0.5, 0.6) is 0 Å². The molecule has 6 heteroatoms. The molecular formula is C22H21ClN4O. The molecule has 142 valence electrons. The summed E-state index contributed by atoms with van der Waals surface area (Å²) < 4.78 is 0. The summed E-state index contributed by atoms with van der Waals surface area (Å²) in [5, 5.41) is 9.37. The van der Waals surface area contributed by atoms with Crippen molar-refractivity contribution in [3.05, 3.63) is 76.8 Å². The Morgan fingerprint density at radius 1 is 0.893 bits per heavy atom. The number of nitrogens with zero attached hydrogens (tertiary/aromatic N) is 4. The molecule has 1 aromatic heterocycles. The summed E-state index contributed by atoms with van der Waals surface area (Å²) >= 11 is 6.24. The van der Waals surface area contributed by atoms with E-state index in [0.29, 0.717) is 18.1 Å². The summed E-state index contributed by atoms with van der Waals surface area (Å²) in [6, 6.07) is 19.2. The third-order valence-corrected chi connectivity index (χ3v) is 5.32. The predicted octanol–water partition coefficient (Wildman–Crippen LogP) is 4.07. The van der Waals surface area contributed by atoms with Gasteiger partial charge < -0.3 is 9.80 Å². The molecule has 0 N–H and O–H groups in total. The Kier molecular flexibility index (Phi) is 5.26. The van der Waals surface area contributed by atoms with E-state index < -0.39 is 0 Å². The molecule has 0 radical (unpaired) electrons. The fraction of sp³-hybridized carbons (Fsp3) is 0.227. The number of carbonyl (C=O) groups excluding carboxylic acids is 1. The Morgan fingerprint density at radius 2 is 1.61 bits per heavy atom. The average molecular weight is 393 g/mol. The summed E-state index contributed by atoms with van der Waals surface area (Å²) in [4.78, 5) is 16.7. The maximum atomic E-state index is 12.7. The molecule has 2 heterocycles. The highest BCUT2D eigenvalue weighted by atomic mass is 35.5. The van der Waals surface area contributed by atoms with Gasteiger partial charge >= 0.3 is 0 Å². The van der Waals surface area contributed by atoms with Gasteiger partial charge in [-0.3, -0.25) is 4.79 Å². The van der Waals surface area contributed by atoms with Crippen LogP contribution in [0.4, 0.5) is 5.82 Å². The predicted molar refractivity (Wildman–Crippen MR) is 112 cm³/mol. The Morgan fingerprint density at radius 3 is 2.25 bits per heavy atom. The zero-order chi connectivity index (χ0) is 19.5. The molecule has 1 fully saturated rings. The lowest BCUT2D eigenvalue weighted by molar-refractivity contribution is 0.0746. The van der Waals surface area contributed by atoms with Gasteiger partial charge in [0.2, 0.25) is 0 Å². The minimum absolute atomic E-state index is 0.0831. The summed E-state index contributed by atoms with van der Waals surface area (Å²) in [7, 11) is 0. The van der Waals surface area contributed by atoms with E-state index in [9.17, 15) is 4.79 Å². The van der Waals surface area contributed by atoms with Gasteiger partial charge in [-0.15, -0.1) is 10.2 Å². The Balaban J connectivity index is 1.40. The second-order valence-corrected chi connectivity index (χ2v) is 7.31. The van der Waals surface area contributed by atoms with Crippen molar-refractivity contribution in [1.82, 2.24) is 15.1 Å². The van der Waals surface area contributed by atoms with E-state index in [4.69, 9.17) is 11.6 Å². The number of hydrogen-bond acceptors (Lipinski definition) is 4. The Bertz CT molecular complexity index is 965. The van der Waals surface area contributed by atoms with Crippen molar-refractivity contribution in [3.8, 4) is 11.3 Å². The molecule has 0 saturated carbocycles. The first-order valence-corrected chi connectivity index (χ1v) is 9.69. The number of amides is 1. The van der Waals surface area contributed by atoms with Crippen molar-refractivity contribution in [2.75, 3.05) is 31.1 Å². The van der Waals surface area contributed by atoms with Gasteiger partial charge in [-0.1, -0.05) is 47.5 Å². The van der Waals surface area contributed by atoms with Crippen LogP contribution in [0.15, 0.2) is 60.7 Å². The summed E-state index contributed by atoms with van der Waals surface area (Å²) in [5.74, 6) is 0.901. The molecule has 5 nitrogen and oxygen atoms in total. The van der Waals surface area contributed by atoms with E-state index in [1.807, 2.05) is 72.5 Å². The quantitative estimate of drug-likeness (QED) is 0.674. The molecule has 0 atom stereocenters. The normalized spacial score (nSPS) is 14.2. The zero-order valence-electron chi connectivity index (χ0n) is 15.7. The lowest BCUT2D eigenvalue weighted by Crippen LogP contribution is -2.49. The van der Waals surface area contributed by atoms with Gasteiger partial charge in [0, 0.05) is 37.3 Å². The molecule has 1 aliphatic rings. The number of benzene rings is 2. The number of carbonyl (C=O) groups is 1. The maximum Gasteiger partial charge on any atom is 0.253 e. The van der Waals surface area contributed by atoms with E-state index >= 15 is 0 Å². The van der Waals surface area contributed by atoms with Crippen LogP contribution in [0.2, 0.25) is 5.02 Å². The van der Waals surface area contributed by atoms with Crippen molar-refractivity contribution >= 4 is 23.3 Å². The number of rotatable bonds is 3. The Hall–Kier alpha value is -2.92. The molecule has 1 saturated heterocycles. The monoisotopic (exact) mass is 392 g/mol. The molecule has 0 bridgehead atoms. The highest BCUT2D eigenvalue weighted by Crippen LogP contribution is 2.26. The first kappa shape index (κ1) is 18.4. The van der Waals surface area contributed by atoms with Crippen LogP contribution in [0.3, 0.4) is 0 Å². The number of halogens is 1. The Labute approximate surface area is 169 Å². The lowest BCUT2D eigenvalue weighted by Gasteiger charge is -2.35. The fourth-order valence-electron chi connectivity index (χ4n) is 3.32. The number of hydrogen-bond donors (Lipinski definition) is 0. The van der Waals surface area contributed by atoms with Gasteiger partial charge in [0.15, 0.2) is 5.82 Å². The van der Waals surface area contributed by atoms with Crippen LogP contribution in [0.25, 0.3) is 11.3 Å². The fourth-order valence-corrected chi connectivity index (χ4v) is 3.56. The van der Waals surface area contributed by atoms with E-state index in [-0.39, 0.29) is 5.91 Å². The maximum absolute atomic E-state index is 12.7. The van der Waals surface area contributed by atoms with Gasteiger partial charge in [0.1, 0.15) is 0 Å². The zero-order valence-corrected chi connectivity index (χ0v) is 16.4. The standard InChI is InChI=1S/C22H21ClN4O/c1-16-6-8-17(9-7-16)22(28)27-14-12-26(13-15-27)21-11-10-20(24-25-21)18-4-2-3-5-19(18)23/h2-11H,12-15H2,1H3. The van der Waals surface area contributed by atoms with Crippen molar-refractivity contribution in [2.24, 2.45) is 0 Å². The smallest absolute Gasteiger partial charge is 0.253 e. The largest absolute Gasteiger partial charge is 0.352 e. The van der Waals surface area contributed by atoms with Crippen molar-refractivity contribution in [2.45, 2.75) is 6.92 Å².